The molecule has 0 saturated carbocycles. The first-order valence-corrected chi connectivity index (χ1v) is 10.5. The van der Waals surface area contributed by atoms with Crippen LogP contribution in [-0.4, -0.2) is 22.9 Å². The quantitative estimate of drug-likeness (QED) is 0.752. The second-order valence-corrected chi connectivity index (χ2v) is 8.98. The summed E-state index contributed by atoms with van der Waals surface area (Å²) in [6.45, 7) is 3.89. The van der Waals surface area contributed by atoms with E-state index in [1.807, 2.05) is 13.8 Å². The van der Waals surface area contributed by atoms with Gasteiger partial charge in [0.15, 0.2) is 0 Å². The third kappa shape index (κ3) is 5.53. The van der Waals surface area contributed by atoms with E-state index < -0.39 is 20.0 Å². The molecule has 0 heterocycles. The first-order valence-electron chi connectivity index (χ1n) is 7.46. The predicted molar refractivity (Wildman–Crippen MR) is 94.0 cm³/mol. The fraction of sp³-hybridized carbons (Fsp3) is 0.250. The van der Waals surface area contributed by atoms with E-state index in [-0.39, 0.29) is 22.4 Å². The minimum absolute atomic E-state index is 0.0513. The molecule has 2 aromatic rings. The Hall–Kier alpha value is -1.94. The third-order valence-electron chi connectivity index (χ3n) is 3.21. The summed E-state index contributed by atoms with van der Waals surface area (Å²) in [5, 5.41) is 5.03. The molecule has 9 heteroatoms. The highest BCUT2D eigenvalue weighted by molar-refractivity contribution is 7.90. The zero-order valence-corrected chi connectivity index (χ0v) is 15.5. The van der Waals surface area contributed by atoms with Crippen LogP contribution in [0.1, 0.15) is 19.4 Å². The van der Waals surface area contributed by atoms with Gasteiger partial charge in [-0.15, -0.1) is 0 Å². The van der Waals surface area contributed by atoms with Crippen LogP contribution in [0, 0.1) is 0 Å². The standard InChI is InChI=1S/C16H20N2O5S2/c1-12(2)23-14-8-6-13(7-9-14)11-18-25(21,22)16-5-3-4-15(10-16)24(17,19)20/h3-10,12,18H,11H2,1-2H3,(H2,17,19,20). The third-order valence-corrected chi connectivity index (χ3v) is 5.52. The number of nitrogens with two attached hydrogens (primary N) is 1. The van der Waals surface area contributed by atoms with Crippen LogP contribution in [0.4, 0.5) is 0 Å². The number of benzene rings is 2. The summed E-state index contributed by atoms with van der Waals surface area (Å²) in [5.74, 6) is 0.697. The molecule has 0 aliphatic rings. The first kappa shape index (κ1) is 19.4. The molecule has 25 heavy (non-hydrogen) atoms. The van der Waals surface area contributed by atoms with Crippen LogP contribution in [-0.2, 0) is 26.6 Å². The van der Waals surface area contributed by atoms with E-state index in [1.165, 1.54) is 18.2 Å². The predicted octanol–water partition coefficient (Wildman–Crippen LogP) is 1.60. The molecule has 2 aromatic carbocycles. The van der Waals surface area contributed by atoms with Gasteiger partial charge in [-0.05, 0) is 49.7 Å². The molecule has 0 bridgehead atoms. The fourth-order valence-electron chi connectivity index (χ4n) is 2.04. The van der Waals surface area contributed by atoms with Crippen molar-refractivity contribution in [3.63, 3.8) is 0 Å². The lowest BCUT2D eigenvalue weighted by Crippen LogP contribution is -2.23. The number of hydrogen-bond donors (Lipinski definition) is 2. The van der Waals surface area contributed by atoms with Gasteiger partial charge in [0.1, 0.15) is 5.75 Å². The smallest absolute Gasteiger partial charge is 0.240 e. The number of hydrogen-bond acceptors (Lipinski definition) is 5. The molecule has 3 N–H and O–H groups in total. The average Bonchev–Trinajstić information content (AvgIpc) is 2.53. The molecule has 0 unspecified atom stereocenters. The molecule has 0 radical (unpaired) electrons. The van der Waals surface area contributed by atoms with Crippen LogP contribution in [0.15, 0.2) is 58.3 Å². The van der Waals surface area contributed by atoms with Crippen molar-refractivity contribution in [3.8, 4) is 5.75 Å². The van der Waals surface area contributed by atoms with Gasteiger partial charge in [-0.1, -0.05) is 18.2 Å². The number of primary sulfonamides is 1. The summed E-state index contributed by atoms with van der Waals surface area (Å²) in [5.41, 5.74) is 0.738. The molecular weight excluding hydrogens is 364 g/mol. The van der Waals surface area contributed by atoms with Crippen LogP contribution >= 0.6 is 0 Å². The van der Waals surface area contributed by atoms with Gasteiger partial charge in [0.25, 0.3) is 0 Å². The second-order valence-electron chi connectivity index (χ2n) is 5.65. The van der Waals surface area contributed by atoms with E-state index in [1.54, 1.807) is 24.3 Å². The molecular formula is C16H20N2O5S2. The van der Waals surface area contributed by atoms with Crippen molar-refractivity contribution in [2.24, 2.45) is 5.14 Å². The van der Waals surface area contributed by atoms with Gasteiger partial charge in [-0.2, -0.15) is 0 Å². The summed E-state index contributed by atoms with van der Waals surface area (Å²) in [7, 11) is -7.85. The Morgan fingerprint density at radius 1 is 1.00 bits per heavy atom. The minimum atomic E-state index is -3.97. The summed E-state index contributed by atoms with van der Waals surface area (Å²) >= 11 is 0. The zero-order chi connectivity index (χ0) is 18.7. The zero-order valence-electron chi connectivity index (χ0n) is 13.8. The van der Waals surface area contributed by atoms with Crippen molar-refractivity contribution in [1.29, 1.82) is 0 Å². The molecule has 0 spiro atoms. The Morgan fingerprint density at radius 2 is 1.60 bits per heavy atom. The van der Waals surface area contributed by atoms with Crippen molar-refractivity contribution in [2.75, 3.05) is 0 Å². The largest absolute Gasteiger partial charge is 0.491 e. The summed E-state index contributed by atoms with van der Waals surface area (Å²) in [4.78, 5) is -0.427. The summed E-state index contributed by atoms with van der Waals surface area (Å²) in [6.07, 6.45) is 0.0513. The monoisotopic (exact) mass is 384 g/mol. The maximum atomic E-state index is 12.3. The average molecular weight is 384 g/mol. The minimum Gasteiger partial charge on any atom is -0.491 e. The molecule has 0 fully saturated rings. The van der Waals surface area contributed by atoms with Crippen LogP contribution in [0.2, 0.25) is 0 Å². The second kappa shape index (κ2) is 7.52. The van der Waals surface area contributed by atoms with Crippen LogP contribution in [0.25, 0.3) is 0 Å². The Labute approximate surface area is 147 Å². The normalized spacial score (nSPS) is 12.3. The highest BCUT2D eigenvalue weighted by atomic mass is 32.2. The van der Waals surface area contributed by atoms with Gasteiger partial charge < -0.3 is 4.74 Å². The maximum absolute atomic E-state index is 12.3. The molecule has 0 amide bonds. The topological polar surface area (TPSA) is 116 Å². The Bertz CT molecular complexity index is 937. The van der Waals surface area contributed by atoms with Gasteiger partial charge in [0, 0.05) is 6.54 Å². The highest BCUT2D eigenvalue weighted by Gasteiger charge is 2.17. The van der Waals surface area contributed by atoms with E-state index in [0.717, 1.165) is 11.6 Å². The van der Waals surface area contributed by atoms with Gasteiger partial charge >= 0.3 is 0 Å². The summed E-state index contributed by atoms with van der Waals surface area (Å²) < 4.78 is 55.3. The molecule has 0 atom stereocenters. The molecule has 136 valence electrons. The van der Waals surface area contributed by atoms with Crippen LogP contribution in [0.3, 0.4) is 0 Å². The van der Waals surface area contributed by atoms with E-state index in [4.69, 9.17) is 9.88 Å². The van der Waals surface area contributed by atoms with Gasteiger partial charge in [-0.25, -0.2) is 26.7 Å². The summed E-state index contributed by atoms with van der Waals surface area (Å²) in [6, 6.07) is 11.9. The molecule has 2 rings (SSSR count). The molecule has 0 saturated heterocycles. The van der Waals surface area contributed by atoms with Crippen molar-refractivity contribution in [2.45, 2.75) is 36.3 Å². The Morgan fingerprint density at radius 3 is 2.16 bits per heavy atom. The number of sulfonamides is 2. The van der Waals surface area contributed by atoms with E-state index in [0.29, 0.717) is 5.75 Å². The van der Waals surface area contributed by atoms with Gasteiger partial charge in [0.05, 0.1) is 15.9 Å². The lowest BCUT2D eigenvalue weighted by atomic mass is 10.2. The van der Waals surface area contributed by atoms with Crippen LogP contribution < -0.4 is 14.6 Å². The van der Waals surface area contributed by atoms with E-state index >= 15 is 0 Å². The SMILES string of the molecule is CC(C)Oc1ccc(CNS(=O)(=O)c2cccc(S(N)(=O)=O)c2)cc1. The van der Waals surface area contributed by atoms with Crippen molar-refractivity contribution in [3.05, 3.63) is 54.1 Å². The molecule has 0 aliphatic heterocycles. The number of nitrogens with one attached hydrogen (secondary N) is 1. The van der Waals surface area contributed by atoms with Crippen molar-refractivity contribution >= 4 is 20.0 Å². The van der Waals surface area contributed by atoms with Crippen molar-refractivity contribution in [1.82, 2.24) is 4.72 Å². The first-order chi connectivity index (χ1) is 11.6. The fourth-order valence-corrected chi connectivity index (χ4v) is 3.74. The Kier molecular flexibility index (Phi) is 5.83. The van der Waals surface area contributed by atoms with E-state index in [2.05, 4.69) is 4.72 Å². The molecule has 7 nitrogen and oxygen atoms in total. The number of rotatable bonds is 7. The highest BCUT2D eigenvalue weighted by Crippen LogP contribution is 2.16. The van der Waals surface area contributed by atoms with Gasteiger partial charge in [0.2, 0.25) is 20.0 Å². The number of ether oxygens (including phenoxy) is 1. The van der Waals surface area contributed by atoms with E-state index in [9.17, 15) is 16.8 Å². The van der Waals surface area contributed by atoms with Crippen molar-refractivity contribution < 1.29 is 21.6 Å². The lowest BCUT2D eigenvalue weighted by molar-refractivity contribution is 0.242. The van der Waals surface area contributed by atoms with Gasteiger partial charge in [-0.3, -0.25) is 0 Å². The maximum Gasteiger partial charge on any atom is 0.240 e. The van der Waals surface area contributed by atoms with Crippen LogP contribution in [0.5, 0.6) is 5.75 Å². The molecule has 0 aliphatic carbocycles. The molecule has 0 aromatic heterocycles. The Balaban J connectivity index is 2.12. The lowest BCUT2D eigenvalue weighted by Gasteiger charge is -2.11.